The van der Waals surface area contributed by atoms with Crippen LogP contribution in [0.2, 0.25) is 0 Å². The van der Waals surface area contributed by atoms with Gasteiger partial charge in [-0.05, 0) is 44.4 Å². The number of ether oxygens (including phenoxy) is 1. The number of hydrogen-bond donors (Lipinski definition) is 0. The van der Waals surface area contributed by atoms with Gasteiger partial charge in [0.1, 0.15) is 5.75 Å². The van der Waals surface area contributed by atoms with E-state index in [4.69, 9.17) is 4.74 Å². The van der Waals surface area contributed by atoms with Crippen molar-refractivity contribution in [3.63, 3.8) is 0 Å². The Bertz CT molecular complexity index is 494. The first kappa shape index (κ1) is 14.6. The highest BCUT2D eigenvalue weighted by Crippen LogP contribution is 2.29. The molecule has 2 aliphatic rings. The van der Waals surface area contributed by atoms with Gasteiger partial charge in [-0.2, -0.15) is 0 Å². The highest BCUT2D eigenvalue weighted by Gasteiger charge is 2.31. The Kier molecular flexibility index (Phi) is 4.59. The fourth-order valence-electron chi connectivity index (χ4n) is 3.83. The molecule has 21 heavy (non-hydrogen) atoms. The summed E-state index contributed by atoms with van der Waals surface area (Å²) in [7, 11) is 1.64. The molecular weight excluding hydrogens is 262 g/mol. The largest absolute Gasteiger partial charge is 0.497 e. The number of carbonyl (C=O) groups excluding carboxylic acids is 1. The number of benzene rings is 1. The summed E-state index contributed by atoms with van der Waals surface area (Å²) in [6.07, 6.45) is 7.53. The third-order valence-electron chi connectivity index (χ3n) is 5.02. The van der Waals surface area contributed by atoms with Crippen molar-refractivity contribution in [2.24, 2.45) is 5.92 Å². The number of carbonyl (C=O) groups is 1. The maximum atomic E-state index is 12.7. The molecule has 3 rings (SSSR count). The summed E-state index contributed by atoms with van der Waals surface area (Å²) in [5.41, 5.74) is 0.799. The lowest BCUT2D eigenvalue weighted by molar-refractivity contribution is 0.0757. The number of likely N-dealkylation sites (tertiary alicyclic amines) is 1. The smallest absolute Gasteiger partial charge is 0.167 e. The van der Waals surface area contributed by atoms with Gasteiger partial charge >= 0.3 is 0 Å². The van der Waals surface area contributed by atoms with Gasteiger partial charge in [0.05, 0.1) is 7.11 Å². The molecule has 1 aliphatic carbocycles. The third-order valence-corrected chi connectivity index (χ3v) is 5.02. The molecule has 0 unspecified atom stereocenters. The monoisotopic (exact) mass is 287 g/mol. The van der Waals surface area contributed by atoms with Crippen LogP contribution >= 0.6 is 0 Å². The summed E-state index contributed by atoms with van der Waals surface area (Å²) in [5, 5.41) is 0. The van der Waals surface area contributed by atoms with Gasteiger partial charge in [-0.3, -0.25) is 9.69 Å². The molecule has 0 aromatic heterocycles. The molecule has 3 heteroatoms. The number of piperidine rings is 1. The summed E-state index contributed by atoms with van der Waals surface area (Å²) in [4.78, 5) is 15.3. The molecule has 1 aromatic rings. The van der Waals surface area contributed by atoms with Crippen molar-refractivity contribution in [3.8, 4) is 5.75 Å². The zero-order valence-electron chi connectivity index (χ0n) is 12.9. The average molecular weight is 287 g/mol. The Labute approximate surface area is 127 Å². The van der Waals surface area contributed by atoms with Gasteiger partial charge in [0.25, 0.3) is 0 Å². The summed E-state index contributed by atoms with van der Waals surface area (Å²) < 4.78 is 5.23. The van der Waals surface area contributed by atoms with Crippen molar-refractivity contribution >= 4 is 5.78 Å². The van der Waals surface area contributed by atoms with Crippen LogP contribution in [0.3, 0.4) is 0 Å². The van der Waals surface area contributed by atoms with Crippen LogP contribution in [0.4, 0.5) is 0 Å². The number of ketones is 1. The van der Waals surface area contributed by atoms with E-state index in [1.807, 2.05) is 24.3 Å². The summed E-state index contributed by atoms with van der Waals surface area (Å²) >= 11 is 0. The highest BCUT2D eigenvalue weighted by molar-refractivity contribution is 5.98. The predicted octanol–water partition coefficient (Wildman–Crippen LogP) is 3.53. The second kappa shape index (κ2) is 6.61. The average Bonchev–Trinajstić information content (AvgIpc) is 3.09. The molecule has 1 saturated carbocycles. The van der Waals surface area contributed by atoms with E-state index in [1.165, 1.54) is 32.2 Å². The van der Waals surface area contributed by atoms with Crippen LogP contribution < -0.4 is 4.74 Å². The van der Waals surface area contributed by atoms with Crippen LogP contribution in [-0.4, -0.2) is 36.9 Å². The van der Waals surface area contributed by atoms with Crippen molar-refractivity contribution in [2.75, 3.05) is 20.2 Å². The van der Waals surface area contributed by atoms with Gasteiger partial charge in [0.2, 0.25) is 0 Å². The van der Waals surface area contributed by atoms with Gasteiger partial charge in [0.15, 0.2) is 5.78 Å². The van der Waals surface area contributed by atoms with Gasteiger partial charge in [-0.1, -0.05) is 25.0 Å². The molecule has 1 saturated heterocycles. The molecular formula is C18H25NO2. The quantitative estimate of drug-likeness (QED) is 0.793. The summed E-state index contributed by atoms with van der Waals surface area (Å²) in [6, 6.07) is 8.31. The number of nitrogens with zero attached hydrogens (tertiary/aromatic N) is 1. The van der Waals surface area contributed by atoms with Crippen LogP contribution in [0.5, 0.6) is 5.75 Å². The Hall–Kier alpha value is -1.35. The first-order valence-electron chi connectivity index (χ1n) is 8.20. The van der Waals surface area contributed by atoms with E-state index in [9.17, 15) is 4.79 Å². The van der Waals surface area contributed by atoms with Crippen LogP contribution in [-0.2, 0) is 0 Å². The predicted molar refractivity (Wildman–Crippen MR) is 83.9 cm³/mol. The molecule has 0 bridgehead atoms. The maximum absolute atomic E-state index is 12.7. The van der Waals surface area contributed by atoms with Gasteiger partial charge in [-0.15, -0.1) is 0 Å². The van der Waals surface area contributed by atoms with E-state index < -0.39 is 0 Å². The fraction of sp³-hybridized carbons (Fsp3) is 0.611. The molecule has 0 amide bonds. The lowest BCUT2D eigenvalue weighted by atomic mass is 9.89. The Morgan fingerprint density at radius 1 is 1.19 bits per heavy atom. The first-order chi connectivity index (χ1) is 10.3. The standard InChI is InChI=1S/C18H25NO2/c1-21-17-10-4-6-14(12-17)18(20)15-7-5-11-19(13-15)16-8-2-3-9-16/h4,6,10,12,15-16H,2-3,5,7-9,11,13H2,1H3/t15-/m1/s1. The Balaban J connectivity index is 1.68. The van der Waals surface area contributed by atoms with E-state index >= 15 is 0 Å². The molecule has 0 radical (unpaired) electrons. The van der Waals surface area contributed by atoms with Gasteiger partial charge in [0, 0.05) is 24.1 Å². The second-order valence-corrected chi connectivity index (χ2v) is 6.37. The number of Topliss-reactive ketones (excluding diaryl/α,β-unsaturated/α-hetero) is 1. The number of methoxy groups -OCH3 is 1. The minimum Gasteiger partial charge on any atom is -0.497 e. The van der Waals surface area contributed by atoms with Crippen LogP contribution in [0, 0.1) is 5.92 Å². The lowest BCUT2D eigenvalue weighted by Gasteiger charge is -2.36. The molecule has 114 valence electrons. The van der Waals surface area contributed by atoms with Crippen molar-refractivity contribution in [1.29, 1.82) is 0 Å². The lowest BCUT2D eigenvalue weighted by Crippen LogP contribution is -2.43. The molecule has 1 heterocycles. The van der Waals surface area contributed by atoms with Crippen LogP contribution in [0.25, 0.3) is 0 Å². The minimum absolute atomic E-state index is 0.159. The Morgan fingerprint density at radius 3 is 2.76 bits per heavy atom. The molecule has 1 atom stereocenters. The van der Waals surface area contributed by atoms with Crippen LogP contribution in [0.15, 0.2) is 24.3 Å². The summed E-state index contributed by atoms with van der Waals surface area (Å²) in [6.45, 7) is 2.12. The zero-order chi connectivity index (χ0) is 14.7. The highest BCUT2D eigenvalue weighted by atomic mass is 16.5. The molecule has 1 aromatic carbocycles. The normalized spacial score (nSPS) is 24.1. The van der Waals surface area contributed by atoms with Crippen LogP contribution in [0.1, 0.15) is 48.9 Å². The SMILES string of the molecule is COc1cccc(C(=O)[C@@H]2CCCN(C3CCCC3)C2)c1. The molecule has 1 aliphatic heterocycles. The van der Waals surface area contributed by atoms with Gasteiger partial charge < -0.3 is 4.74 Å². The summed E-state index contributed by atoms with van der Waals surface area (Å²) in [5.74, 6) is 1.22. The van der Waals surface area contributed by atoms with E-state index in [2.05, 4.69) is 4.90 Å². The van der Waals surface area contributed by atoms with Crippen molar-refractivity contribution in [1.82, 2.24) is 4.90 Å². The van der Waals surface area contributed by atoms with Gasteiger partial charge in [-0.25, -0.2) is 0 Å². The van der Waals surface area contributed by atoms with Crippen molar-refractivity contribution in [3.05, 3.63) is 29.8 Å². The number of rotatable bonds is 4. The fourth-order valence-corrected chi connectivity index (χ4v) is 3.83. The first-order valence-corrected chi connectivity index (χ1v) is 8.20. The molecule has 2 fully saturated rings. The number of hydrogen-bond acceptors (Lipinski definition) is 3. The maximum Gasteiger partial charge on any atom is 0.167 e. The van der Waals surface area contributed by atoms with E-state index in [0.717, 1.165) is 36.7 Å². The van der Waals surface area contributed by atoms with E-state index in [-0.39, 0.29) is 11.7 Å². The van der Waals surface area contributed by atoms with E-state index in [1.54, 1.807) is 7.11 Å². The topological polar surface area (TPSA) is 29.5 Å². The molecule has 3 nitrogen and oxygen atoms in total. The Morgan fingerprint density at radius 2 is 2.00 bits per heavy atom. The molecule has 0 N–H and O–H groups in total. The molecule has 0 spiro atoms. The second-order valence-electron chi connectivity index (χ2n) is 6.37. The van der Waals surface area contributed by atoms with Crippen molar-refractivity contribution in [2.45, 2.75) is 44.6 Å². The van der Waals surface area contributed by atoms with E-state index in [0.29, 0.717) is 0 Å². The minimum atomic E-state index is 0.159. The van der Waals surface area contributed by atoms with Crippen molar-refractivity contribution < 1.29 is 9.53 Å². The zero-order valence-corrected chi connectivity index (χ0v) is 12.9. The third kappa shape index (κ3) is 3.29.